The van der Waals surface area contributed by atoms with Crippen molar-refractivity contribution in [2.75, 3.05) is 18.5 Å². The van der Waals surface area contributed by atoms with E-state index < -0.39 is 5.97 Å². The minimum Gasteiger partial charge on any atom is -0.483 e. The maximum absolute atomic E-state index is 12.8. The Hall–Kier alpha value is -2.83. The maximum Gasteiger partial charge on any atom is 0.341 e. The molecule has 0 unspecified atom stereocenters. The first-order valence-corrected chi connectivity index (χ1v) is 11.2. The summed E-state index contributed by atoms with van der Waals surface area (Å²) < 4.78 is 11.0. The first kappa shape index (κ1) is 22.8. The number of amides is 1. The maximum atomic E-state index is 12.8. The van der Waals surface area contributed by atoms with Gasteiger partial charge in [0, 0.05) is 15.5 Å². The number of benzene rings is 2. The van der Waals surface area contributed by atoms with Crippen LogP contribution in [0.4, 0.5) is 5.00 Å². The van der Waals surface area contributed by atoms with Gasteiger partial charge in [0.05, 0.1) is 6.61 Å². The Morgan fingerprint density at radius 1 is 1.06 bits per heavy atom. The summed E-state index contributed by atoms with van der Waals surface area (Å²) >= 11 is 7.34. The van der Waals surface area contributed by atoms with E-state index in [-0.39, 0.29) is 19.1 Å². The predicted octanol–water partition coefficient (Wildman–Crippen LogP) is 6.13. The molecule has 0 aliphatic rings. The molecule has 0 saturated heterocycles. The Labute approximate surface area is 191 Å². The Morgan fingerprint density at radius 2 is 1.77 bits per heavy atom. The lowest BCUT2D eigenvalue weighted by molar-refractivity contribution is -0.118. The standard InChI is InChI=1S/C24H24ClNO4S/c1-4-16-8-6-7-9-19(16)30-14-20(27)26-23-22(24(28)29-5-2)21(15(3)31-23)17-10-12-18(25)13-11-17/h6-13H,4-5,14H2,1-3H3,(H,26,27). The van der Waals surface area contributed by atoms with Gasteiger partial charge in [-0.2, -0.15) is 0 Å². The van der Waals surface area contributed by atoms with Crippen molar-refractivity contribution in [1.29, 1.82) is 0 Å². The van der Waals surface area contributed by atoms with E-state index >= 15 is 0 Å². The quantitative estimate of drug-likeness (QED) is 0.413. The van der Waals surface area contributed by atoms with Gasteiger partial charge in [-0.25, -0.2) is 4.79 Å². The molecule has 0 atom stereocenters. The summed E-state index contributed by atoms with van der Waals surface area (Å²) in [5.74, 6) is -0.153. The number of rotatable bonds is 8. The highest BCUT2D eigenvalue weighted by Crippen LogP contribution is 2.40. The van der Waals surface area contributed by atoms with Crippen molar-refractivity contribution in [1.82, 2.24) is 0 Å². The minimum atomic E-state index is -0.482. The molecule has 162 valence electrons. The minimum absolute atomic E-state index is 0.160. The number of hydrogen-bond donors (Lipinski definition) is 1. The Balaban J connectivity index is 1.86. The zero-order valence-electron chi connectivity index (χ0n) is 17.7. The average Bonchev–Trinajstić information content (AvgIpc) is 3.08. The number of thiophene rings is 1. The summed E-state index contributed by atoms with van der Waals surface area (Å²) in [7, 11) is 0. The average molecular weight is 458 g/mol. The smallest absolute Gasteiger partial charge is 0.341 e. The van der Waals surface area contributed by atoms with E-state index in [9.17, 15) is 9.59 Å². The SMILES string of the molecule is CCOC(=O)c1c(NC(=O)COc2ccccc2CC)sc(C)c1-c1ccc(Cl)cc1. The van der Waals surface area contributed by atoms with E-state index in [0.717, 1.165) is 28.0 Å². The van der Waals surface area contributed by atoms with Gasteiger partial charge in [0.25, 0.3) is 5.91 Å². The van der Waals surface area contributed by atoms with Crippen LogP contribution >= 0.6 is 22.9 Å². The summed E-state index contributed by atoms with van der Waals surface area (Å²) in [6.07, 6.45) is 0.805. The molecule has 1 aromatic heterocycles. The molecule has 0 fully saturated rings. The molecular weight excluding hydrogens is 434 g/mol. The van der Waals surface area contributed by atoms with Crippen molar-refractivity contribution in [3.05, 3.63) is 69.6 Å². The number of esters is 1. The molecule has 1 amide bonds. The van der Waals surface area contributed by atoms with Crippen LogP contribution in [0.25, 0.3) is 11.1 Å². The highest BCUT2D eigenvalue weighted by molar-refractivity contribution is 7.17. The van der Waals surface area contributed by atoms with Crippen molar-refractivity contribution in [3.8, 4) is 16.9 Å². The third kappa shape index (κ3) is 5.46. The lowest BCUT2D eigenvalue weighted by Gasteiger charge is -2.11. The van der Waals surface area contributed by atoms with Gasteiger partial charge in [0.2, 0.25) is 0 Å². The van der Waals surface area contributed by atoms with Crippen LogP contribution in [-0.4, -0.2) is 25.1 Å². The topological polar surface area (TPSA) is 64.6 Å². The summed E-state index contributed by atoms with van der Waals surface area (Å²) in [6, 6.07) is 14.8. The predicted molar refractivity (Wildman–Crippen MR) is 125 cm³/mol. The Morgan fingerprint density at radius 3 is 2.45 bits per heavy atom. The number of para-hydroxylation sites is 1. The second kappa shape index (κ2) is 10.5. The largest absolute Gasteiger partial charge is 0.483 e. The highest BCUT2D eigenvalue weighted by Gasteiger charge is 2.25. The molecule has 1 N–H and O–H groups in total. The number of nitrogens with one attached hydrogen (secondary N) is 1. The van der Waals surface area contributed by atoms with Gasteiger partial charge in [-0.3, -0.25) is 4.79 Å². The van der Waals surface area contributed by atoms with E-state index in [2.05, 4.69) is 5.32 Å². The Bertz CT molecular complexity index is 1080. The first-order chi connectivity index (χ1) is 14.9. The fraction of sp³-hybridized carbons (Fsp3) is 0.250. The van der Waals surface area contributed by atoms with Gasteiger partial charge in [0.1, 0.15) is 16.3 Å². The van der Waals surface area contributed by atoms with Crippen LogP contribution in [0.15, 0.2) is 48.5 Å². The first-order valence-electron chi connectivity index (χ1n) is 10.0. The fourth-order valence-electron chi connectivity index (χ4n) is 3.24. The number of carbonyl (C=O) groups is 2. The van der Waals surface area contributed by atoms with E-state index in [1.807, 2.05) is 50.2 Å². The molecule has 0 aliphatic carbocycles. The molecule has 5 nitrogen and oxygen atoms in total. The van der Waals surface area contributed by atoms with Crippen LogP contribution in [0.5, 0.6) is 5.75 Å². The molecule has 0 spiro atoms. The van der Waals surface area contributed by atoms with Gasteiger partial charge in [-0.15, -0.1) is 11.3 Å². The van der Waals surface area contributed by atoms with Crippen LogP contribution in [0.2, 0.25) is 5.02 Å². The van der Waals surface area contributed by atoms with E-state index in [1.54, 1.807) is 19.1 Å². The monoisotopic (exact) mass is 457 g/mol. The third-order valence-electron chi connectivity index (χ3n) is 4.66. The van der Waals surface area contributed by atoms with Gasteiger partial charge in [0.15, 0.2) is 6.61 Å². The number of hydrogen-bond acceptors (Lipinski definition) is 5. The van der Waals surface area contributed by atoms with Crippen LogP contribution in [0.3, 0.4) is 0 Å². The summed E-state index contributed by atoms with van der Waals surface area (Å²) in [5.41, 5.74) is 2.93. The molecule has 0 aliphatic heterocycles. The molecule has 0 radical (unpaired) electrons. The van der Waals surface area contributed by atoms with Crippen molar-refractivity contribution in [2.24, 2.45) is 0 Å². The Kier molecular flexibility index (Phi) is 7.71. The van der Waals surface area contributed by atoms with Crippen molar-refractivity contribution in [3.63, 3.8) is 0 Å². The van der Waals surface area contributed by atoms with Gasteiger partial charge >= 0.3 is 5.97 Å². The number of anilines is 1. The van der Waals surface area contributed by atoms with Crippen molar-refractivity contribution in [2.45, 2.75) is 27.2 Å². The fourth-order valence-corrected chi connectivity index (χ4v) is 4.44. The molecule has 1 heterocycles. The molecule has 3 aromatic rings. The second-order valence-corrected chi connectivity index (χ2v) is 8.42. The lowest BCUT2D eigenvalue weighted by Crippen LogP contribution is -2.21. The molecular formula is C24H24ClNO4S. The molecule has 2 aromatic carbocycles. The van der Waals surface area contributed by atoms with E-state index in [1.165, 1.54) is 11.3 Å². The lowest BCUT2D eigenvalue weighted by atomic mass is 10.0. The summed E-state index contributed by atoms with van der Waals surface area (Å²) in [5, 5.41) is 3.87. The molecule has 0 saturated carbocycles. The van der Waals surface area contributed by atoms with Crippen LogP contribution in [0.1, 0.15) is 34.6 Å². The molecule has 7 heteroatoms. The van der Waals surface area contributed by atoms with Crippen LogP contribution in [-0.2, 0) is 16.0 Å². The summed E-state index contributed by atoms with van der Waals surface area (Å²) in [6.45, 7) is 5.75. The van der Waals surface area contributed by atoms with Gasteiger partial charge in [-0.1, -0.05) is 48.9 Å². The zero-order chi connectivity index (χ0) is 22.4. The summed E-state index contributed by atoms with van der Waals surface area (Å²) in [4.78, 5) is 26.3. The van der Waals surface area contributed by atoms with Crippen LogP contribution in [0, 0.1) is 6.92 Å². The van der Waals surface area contributed by atoms with Gasteiger partial charge < -0.3 is 14.8 Å². The van der Waals surface area contributed by atoms with Gasteiger partial charge in [-0.05, 0) is 49.6 Å². The number of carbonyl (C=O) groups excluding carboxylic acids is 2. The zero-order valence-corrected chi connectivity index (χ0v) is 19.2. The second-order valence-electron chi connectivity index (χ2n) is 6.76. The third-order valence-corrected chi connectivity index (χ3v) is 5.93. The number of ether oxygens (including phenoxy) is 2. The molecule has 0 bridgehead atoms. The number of aryl methyl sites for hydroxylation is 2. The van der Waals surface area contributed by atoms with E-state index in [4.69, 9.17) is 21.1 Å². The van der Waals surface area contributed by atoms with E-state index in [0.29, 0.717) is 21.3 Å². The van der Waals surface area contributed by atoms with Crippen LogP contribution < -0.4 is 10.1 Å². The van der Waals surface area contributed by atoms with Crippen molar-refractivity contribution >= 4 is 39.8 Å². The number of halogens is 1. The van der Waals surface area contributed by atoms with Crippen molar-refractivity contribution < 1.29 is 19.1 Å². The molecule has 31 heavy (non-hydrogen) atoms. The highest BCUT2D eigenvalue weighted by atomic mass is 35.5. The normalized spacial score (nSPS) is 10.6. The molecule has 3 rings (SSSR count).